The van der Waals surface area contributed by atoms with Gasteiger partial charge in [0.05, 0.1) is 28.3 Å². The highest BCUT2D eigenvalue weighted by molar-refractivity contribution is 6.42. The minimum Gasteiger partial charge on any atom is -0.355 e. The maximum Gasteiger partial charge on any atom is 0.223 e. The van der Waals surface area contributed by atoms with Gasteiger partial charge in [-0.3, -0.25) is 10.1 Å². The third-order valence-electron chi connectivity index (χ3n) is 5.27. The topological polar surface area (TPSA) is 104 Å². The minimum atomic E-state index is -0.592. The molecule has 7 nitrogen and oxygen atoms in total. The molecule has 3 N–H and O–H groups in total. The summed E-state index contributed by atoms with van der Waals surface area (Å²) in [4.78, 5) is 18.6. The Kier molecular flexibility index (Phi) is 8.95. The third-order valence-corrected chi connectivity index (χ3v) is 6.26. The first kappa shape index (κ1) is 24.8. The van der Waals surface area contributed by atoms with Crippen molar-refractivity contribution < 1.29 is 4.79 Å². The smallest absolute Gasteiger partial charge is 0.223 e. The predicted molar refractivity (Wildman–Crippen MR) is 132 cm³/mol. The number of carbonyl (C=O) groups excluding carboxylic acids is 1. The molecule has 1 saturated heterocycles. The van der Waals surface area contributed by atoms with Crippen molar-refractivity contribution in [2.24, 2.45) is 4.99 Å². The molecule has 0 aliphatic carbocycles. The first-order valence-corrected chi connectivity index (χ1v) is 11.5. The number of rotatable bonds is 8. The van der Waals surface area contributed by atoms with Gasteiger partial charge < -0.3 is 15.6 Å². The summed E-state index contributed by atoms with van der Waals surface area (Å²) in [5, 5.41) is 24.9. The van der Waals surface area contributed by atoms with E-state index in [0.717, 1.165) is 12.0 Å². The lowest BCUT2D eigenvalue weighted by atomic mass is 10.0. The van der Waals surface area contributed by atoms with Crippen LogP contribution in [0.2, 0.25) is 15.1 Å². The van der Waals surface area contributed by atoms with Crippen molar-refractivity contribution in [3.05, 3.63) is 68.7 Å². The Hall–Kier alpha value is -2.79. The molecule has 10 heteroatoms. The van der Waals surface area contributed by atoms with Crippen molar-refractivity contribution in [2.45, 2.75) is 25.3 Å². The molecule has 3 rings (SSSR count). The molecular weight excluding hydrogens is 483 g/mol. The molecule has 1 atom stereocenters. The van der Waals surface area contributed by atoms with Gasteiger partial charge in [0.15, 0.2) is 6.19 Å². The number of amides is 1. The van der Waals surface area contributed by atoms with Gasteiger partial charge in [0, 0.05) is 24.5 Å². The molecule has 2 aromatic rings. The quantitative estimate of drug-likeness (QED) is 0.216. The molecule has 1 amide bonds. The summed E-state index contributed by atoms with van der Waals surface area (Å²) in [6, 6.07) is 11.9. The van der Waals surface area contributed by atoms with Gasteiger partial charge in [-0.15, -0.1) is 0 Å². The van der Waals surface area contributed by atoms with Gasteiger partial charge in [0.25, 0.3) is 0 Å². The minimum absolute atomic E-state index is 0.0227. The molecule has 1 aliphatic heterocycles. The number of hydrogen-bond donors (Lipinski definition) is 3. The first-order valence-electron chi connectivity index (χ1n) is 10.4. The maximum absolute atomic E-state index is 12.4. The van der Waals surface area contributed by atoms with Crippen molar-refractivity contribution in [3.8, 4) is 6.19 Å². The van der Waals surface area contributed by atoms with E-state index < -0.39 is 6.04 Å². The zero-order chi connectivity index (χ0) is 23.8. The van der Waals surface area contributed by atoms with Gasteiger partial charge in [-0.25, -0.2) is 4.99 Å². The number of aliphatic imine (C=N–C) groups is 1. The highest BCUT2D eigenvalue weighted by atomic mass is 35.5. The van der Waals surface area contributed by atoms with Crippen LogP contribution < -0.4 is 10.6 Å². The molecule has 33 heavy (non-hydrogen) atoms. The summed E-state index contributed by atoms with van der Waals surface area (Å²) in [6.45, 7) is 1.20. The lowest BCUT2D eigenvalue weighted by Crippen LogP contribution is -2.45. The van der Waals surface area contributed by atoms with Gasteiger partial charge in [0.2, 0.25) is 11.9 Å². The van der Waals surface area contributed by atoms with Crippen molar-refractivity contribution in [3.63, 3.8) is 0 Å². The highest BCUT2D eigenvalue weighted by Gasteiger charge is 2.31. The maximum atomic E-state index is 12.4. The normalized spacial score (nSPS) is 14.7. The molecule has 1 unspecified atom stereocenters. The first-order chi connectivity index (χ1) is 15.9. The van der Waals surface area contributed by atoms with Crippen LogP contribution in [0.4, 0.5) is 0 Å². The van der Waals surface area contributed by atoms with Gasteiger partial charge in [-0.1, -0.05) is 53.0 Å². The van der Waals surface area contributed by atoms with E-state index in [-0.39, 0.29) is 24.1 Å². The largest absolute Gasteiger partial charge is 0.355 e. The van der Waals surface area contributed by atoms with Crippen LogP contribution in [0, 0.1) is 16.9 Å². The number of guanidine groups is 1. The summed E-state index contributed by atoms with van der Waals surface area (Å²) in [6.07, 6.45) is 3.75. The van der Waals surface area contributed by atoms with E-state index in [9.17, 15) is 4.79 Å². The van der Waals surface area contributed by atoms with Gasteiger partial charge in [-0.05, 0) is 48.2 Å². The summed E-state index contributed by atoms with van der Waals surface area (Å²) in [5.74, 6) is 0.260. The molecule has 0 spiro atoms. The number of hydrogen-bond acceptors (Lipinski definition) is 4. The zero-order valence-electron chi connectivity index (χ0n) is 17.7. The molecule has 0 radical (unpaired) electrons. The molecular formula is C23H23Cl3N6O. The number of benzene rings is 2. The van der Waals surface area contributed by atoms with E-state index in [2.05, 4.69) is 15.6 Å². The van der Waals surface area contributed by atoms with Crippen LogP contribution in [0.5, 0.6) is 0 Å². The zero-order valence-corrected chi connectivity index (χ0v) is 20.0. The van der Waals surface area contributed by atoms with E-state index in [1.807, 2.05) is 30.5 Å². The Balaban J connectivity index is 1.73. The fourth-order valence-corrected chi connectivity index (χ4v) is 3.97. The van der Waals surface area contributed by atoms with Gasteiger partial charge >= 0.3 is 0 Å². The standard InChI is InChI=1S/C23H23Cl3N6O/c24-17-6-3-15(4-7-17)9-10-29-23(31-14-27)30-13-20(32-11-1-2-21(32)33)22(28)16-5-8-18(25)19(26)12-16/h3-8,12,20,28H,1-2,9-11,13H2,(H2,29,30,31). The van der Waals surface area contributed by atoms with Crippen LogP contribution >= 0.6 is 34.8 Å². The number of halogens is 3. The Morgan fingerprint density at radius 1 is 1.18 bits per heavy atom. The lowest BCUT2D eigenvalue weighted by Gasteiger charge is -2.27. The van der Waals surface area contributed by atoms with Crippen LogP contribution in [-0.2, 0) is 11.2 Å². The molecule has 0 saturated carbocycles. The van der Waals surface area contributed by atoms with Crippen LogP contribution in [0.3, 0.4) is 0 Å². The van der Waals surface area contributed by atoms with Crippen molar-refractivity contribution in [1.82, 2.24) is 15.5 Å². The molecule has 1 fully saturated rings. The van der Waals surface area contributed by atoms with E-state index in [4.69, 9.17) is 45.5 Å². The third kappa shape index (κ3) is 6.84. The van der Waals surface area contributed by atoms with Gasteiger partial charge in [0.1, 0.15) is 0 Å². The lowest BCUT2D eigenvalue weighted by molar-refractivity contribution is -0.128. The SMILES string of the molecule is N#CNC(=NCC(C(=N)c1ccc(Cl)c(Cl)c1)N1CCCC1=O)NCCc1ccc(Cl)cc1. The van der Waals surface area contributed by atoms with Crippen LogP contribution in [0.25, 0.3) is 0 Å². The summed E-state index contributed by atoms with van der Waals surface area (Å²) in [7, 11) is 0. The molecule has 172 valence electrons. The second-order valence-corrected chi connectivity index (χ2v) is 8.73. The summed E-state index contributed by atoms with van der Waals surface area (Å²) >= 11 is 18.1. The number of carbonyl (C=O) groups is 1. The fourth-order valence-electron chi connectivity index (χ4n) is 3.55. The van der Waals surface area contributed by atoms with Crippen LogP contribution in [0.1, 0.15) is 24.0 Å². The van der Waals surface area contributed by atoms with Gasteiger partial charge in [-0.2, -0.15) is 5.26 Å². The monoisotopic (exact) mass is 504 g/mol. The predicted octanol–water partition coefficient (Wildman–Crippen LogP) is 4.26. The Bertz CT molecular complexity index is 1080. The van der Waals surface area contributed by atoms with E-state index in [0.29, 0.717) is 46.6 Å². The average Bonchev–Trinajstić information content (AvgIpc) is 3.22. The van der Waals surface area contributed by atoms with Crippen molar-refractivity contribution >= 4 is 52.4 Å². The molecule has 1 aliphatic rings. The Morgan fingerprint density at radius 3 is 2.58 bits per heavy atom. The number of likely N-dealkylation sites (tertiary alicyclic amines) is 1. The molecule has 1 heterocycles. The Labute approximate surface area is 207 Å². The second-order valence-electron chi connectivity index (χ2n) is 7.48. The van der Waals surface area contributed by atoms with Crippen molar-refractivity contribution in [1.29, 1.82) is 10.7 Å². The number of nitrogens with one attached hydrogen (secondary N) is 3. The van der Waals surface area contributed by atoms with E-state index in [1.54, 1.807) is 23.1 Å². The van der Waals surface area contributed by atoms with Crippen molar-refractivity contribution in [2.75, 3.05) is 19.6 Å². The summed E-state index contributed by atoms with van der Waals surface area (Å²) < 4.78 is 0. The molecule has 0 aromatic heterocycles. The molecule has 2 aromatic carbocycles. The molecule has 0 bridgehead atoms. The number of nitriles is 1. The Morgan fingerprint density at radius 2 is 1.94 bits per heavy atom. The van der Waals surface area contributed by atoms with E-state index in [1.165, 1.54) is 0 Å². The van der Waals surface area contributed by atoms with Crippen LogP contribution in [0.15, 0.2) is 47.5 Å². The highest BCUT2D eigenvalue weighted by Crippen LogP contribution is 2.25. The fraction of sp³-hybridized carbons (Fsp3) is 0.304. The second kappa shape index (κ2) is 11.9. The average molecular weight is 506 g/mol. The van der Waals surface area contributed by atoms with Crippen LogP contribution in [-0.4, -0.2) is 48.2 Å². The number of nitrogens with zero attached hydrogens (tertiary/aromatic N) is 3. The van der Waals surface area contributed by atoms with E-state index >= 15 is 0 Å². The summed E-state index contributed by atoms with van der Waals surface area (Å²) in [5.41, 5.74) is 1.87.